The van der Waals surface area contributed by atoms with Crippen molar-refractivity contribution >= 4 is 37.5 Å². The minimum absolute atomic E-state index is 0.171. The van der Waals surface area contributed by atoms with Gasteiger partial charge < -0.3 is 5.32 Å². The summed E-state index contributed by atoms with van der Waals surface area (Å²) < 4.78 is 23.1. The molecule has 0 fully saturated rings. The molecular formula is C15H15BrN2O3S. The summed E-state index contributed by atoms with van der Waals surface area (Å²) in [4.78, 5) is 12.0. The molecule has 0 bridgehead atoms. The van der Waals surface area contributed by atoms with E-state index in [0.717, 1.165) is 10.0 Å². The van der Waals surface area contributed by atoms with Gasteiger partial charge in [0.25, 0.3) is 0 Å². The Bertz CT molecular complexity index is 774. The summed E-state index contributed by atoms with van der Waals surface area (Å²) in [7, 11) is -3.59. The van der Waals surface area contributed by atoms with Crippen molar-refractivity contribution in [2.45, 2.75) is 12.2 Å². The number of nitrogens with two attached hydrogens (primary N) is 1. The van der Waals surface area contributed by atoms with Gasteiger partial charge in [0, 0.05) is 10.2 Å². The summed E-state index contributed by atoms with van der Waals surface area (Å²) in [6.45, 7) is 0. The van der Waals surface area contributed by atoms with Crippen molar-refractivity contribution < 1.29 is 13.2 Å². The third-order valence-electron chi connectivity index (χ3n) is 2.86. The summed E-state index contributed by atoms with van der Waals surface area (Å²) >= 11 is 3.34. The molecule has 0 saturated heterocycles. The monoisotopic (exact) mass is 382 g/mol. The fourth-order valence-electron chi connectivity index (χ4n) is 1.96. The third kappa shape index (κ3) is 5.59. The van der Waals surface area contributed by atoms with Gasteiger partial charge in [-0.1, -0.05) is 40.2 Å². The van der Waals surface area contributed by atoms with Gasteiger partial charge in [-0.05, 0) is 35.4 Å². The molecule has 0 aliphatic rings. The second-order valence-corrected chi connectivity index (χ2v) is 7.39. The second kappa shape index (κ2) is 7.04. The van der Waals surface area contributed by atoms with Gasteiger partial charge in [-0.15, -0.1) is 0 Å². The first-order chi connectivity index (χ1) is 10.3. The van der Waals surface area contributed by atoms with Crippen LogP contribution in [0.4, 0.5) is 5.69 Å². The highest BCUT2D eigenvalue weighted by atomic mass is 79.9. The molecule has 7 heteroatoms. The van der Waals surface area contributed by atoms with E-state index in [-0.39, 0.29) is 18.1 Å². The lowest BCUT2D eigenvalue weighted by Crippen LogP contribution is -2.16. The molecule has 0 spiro atoms. The molecule has 5 nitrogen and oxygen atoms in total. The van der Waals surface area contributed by atoms with Gasteiger partial charge in [0.15, 0.2) is 0 Å². The maximum atomic E-state index is 12.0. The van der Waals surface area contributed by atoms with E-state index in [2.05, 4.69) is 21.2 Å². The van der Waals surface area contributed by atoms with Crippen molar-refractivity contribution in [3.05, 3.63) is 64.1 Å². The number of sulfonamides is 1. The predicted octanol–water partition coefficient (Wildman–Crippen LogP) is 2.42. The molecule has 0 unspecified atom stereocenters. The lowest BCUT2D eigenvalue weighted by molar-refractivity contribution is -0.115. The molecule has 0 saturated carbocycles. The molecule has 0 aliphatic heterocycles. The summed E-state index contributed by atoms with van der Waals surface area (Å²) in [5.74, 6) is -0.432. The quantitative estimate of drug-likeness (QED) is 0.831. The summed E-state index contributed by atoms with van der Waals surface area (Å²) in [6.07, 6.45) is 0.243. The molecule has 2 aromatic rings. The minimum Gasteiger partial charge on any atom is -0.326 e. The normalized spacial score (nSPS) is 11.2. The van der Waals surface area contributed by atoms with Crippen LogP contribution in [0.5, 0.6) is 0 Å². The first kappa shape index (κ1) is 16.7. The number of benzene rings is 2. The van der Waals surface area contributed by atoms with Crippen LogP contribution in [0.1, 0.15) is 11.1 Å². The zero-order valence-electron chi connectivity index (χ0n) is 11.6. The molecule has 2 rings (SSSR count). The standard InChI is InChI=1S/C15H15BrN2O3S/c16-13-6-4-11(5-7-13)9-15(19)18-14-3-1-2-12(8-14)10-22(17,20)21/h1-8H,9-10H2,(H,18,19)(H2,17,20,21). The lowest BCUT2D eigenvalue weighted by atomic mass is 10.1. The van der Waals surface area contributed by atoms with Crippen molar-refractivity contribution in [3.63, 3.8) is 0 Å². The van der Waals surface area contributed by atoms with Gasteiger partial charge in [0.05, 0.1) is 12.2 Å². The number of rotatable bonds is 5. The van der Waals surface area contributed by atoms with Crippen LogP contribution in [0, 0.1) is 0 Å². The molecule has 116 valence electrons. The Morgan fingerprint density at radius 3 is 2.41 bits per heavy atom. The first-order valence-electron chi connectivity index (χ1n) is 6.45. The summed E-state index contributed by atoms with van der Waals surface area (Å²) in [6, 6.07) is 14.1. The molecule has 0 radical (unpaired) electrons. The van der Waals surface area contributed by atoms with Gasteiger partial charge in [-0.3, -0.25) is 4.79 Å². The van der Waals surface area contributed by atoms with Gasteiger partial charge >= 0.3 is 0 Å². The van der Waals surface area contributed by atoms with E-state index in [4.69, 9.17) is 5.14 Å². The SMILES string of the molecule is NS(=O)(=O)Cc1cccc(NC(=O)Cc2ccc(Br)cc2)c1. The number of nitrogens with one attached hydrogen (secondary N) is 1. The first-order valence-corrected chi connectivity index (χ1v) is 8.96. The van der Waals surface area contributed by atoms with Crippen LogP contribution in [-0.2, 0) is 27.0 Å². The number of anilines is 1. The van der Waals surface area contributed by atoms with E-state index >= 15 is 0 Å². The Morgan fingerprint density at radius 1 is 1.09 bits per heavy atom. The molecule has 22 heavy (non-hydrogen) atoms. The highest BCUT2D eigenvalue weighted by molar-refractivity contribution is 9.10. The van der Waals surface area contributed by atoms with E-state index in [0.29, 0.717) is 11.3 Å². The highest BCUT2D eigenvalue weighted by Crippen LogP contribution is 2.14. The van der Waals surface area contributed by atoms with Crippen LogP contribution in [0.25, 0.3) is 0 Å². The number of hydrogen-bond donors (Lipinski definition) is 2. The van der Waals surface area contributed by atoms with Gasteiger partial charge in [0.1, 0.15) is 0 Å². The van der Waals surface area contributed by atoms with Crippen LogP contribution in [0.15, 0.2) is 53.0 Å². The fraction of sp³-hybridized carbons (Fsp3) is 0.133. The molecule has 0 atom stereocenters. The molecule has 0 aromatic heterocycles. The van der Waals surface area contributed by atoms with E-state index < -0.39 is 10.0 Å². The van der Waals surface area contributed by atoms with Crippen LogP contribution in [0.3, 0.4) is 0 Å². The number of primary sulfonamides is 1. The Balaban J connectivity index is 2.02. The van der Waals surface area contributed by atoms with Crippen molar-refractivity contribution in [3.8, 4) is 0 Å². The van der Waals surface area contributed by atoms with Gasteiger partial charge in [0.2, 0.25) is 15.9 Å². The third-order valence-corrected chi connectivity index (χ3v) is 4.12. The number of hydrogen-bond acceptors (Lipinski definition) is 3. The Kier molecular flexibility index (Phi) is 5.33. The predicted molar refractivity (Wildman–Crippen MR) is 89.7 cm³/mol. The van der Waals surface area contributed by atoms with E-state index in [1.54, 1.807) is 24.3 Å². The number of carbonyl (C=O) groups excluding carboxylic acids is 1. The smallest absolute Gasteiger partial charge is 0.228 e. The second-order valence-electron chi connectivity index (χ2n) is 4.86. The number of carbonyl (C=O) groups is 1. The van der Waals surface area contributed by atoms with E-state index in [1.807, 2.05) is 24.3 Å². The molecule has 3 N–H and O–H groups in total. The van der Waals surface area contributed by atoms with Gasteiger partial charge in [-0.2, -0.15) is 0 Å². The van der Waals surface area contributed by atoms with Crippen LogP contribution < -0.4 is 10.5 Å². The zero-order valence-corrected chi connectivity index (χ0v) is 14.0. The van der Waals surface area contributed by atoms with Crippen LogP contribution >= 0.6 is 15.9 Å². The average molecular weight is 383 g/mol. The molecular weight excluding hydrogens is 368 g/mol. The highest BCUT2D eigenvalue weighted by Gasteiger charge is 2.08. The van der Waals surface area contributed by atoms with Crippen molar-refractivity contribution in [2.75, 3.05) is 5.32 Å². The molecule has 2 aromatic carbocycles. The largest absolute Gasteiger partial charge is 0.326 e. The van der Waals surface area contributed by atoms with Crippen LogP contribution in [-0.4, -0.2) is 14.3 Å². The average Bonchev–Trinajstić information content (AvgIpc) is 2.40. The maximum absolute atomic E-state index is 12.0. The van der Waals surface area contributed by atoms with Crippen LogP contribution in [0.2, 0.25) is 0 Å². The lowest BCUT2D eigenvalue weighted by Gasteiger charge is -2.07. The van der Waals surface area contributed by atoms with Gasteiger partial charge in [-0.25, -0.2) is 13.6 Å². The Labute approximate surface area is 137 Å². The fourth-order valence-corrected chi connectivity index (χ4v) is 2.87. The number of halogens is 1. The van der Waals surface area contributed by atoms with Crippen molar-refractivity contribution in [2.24, 2.45) is 5.14 Å². The molecule has 0 heterocycles. The van der Waals surface area contributed by atoms with E-state index in [9.17, 15) is 13.2 Å². The zero-order chi connectivity index (χ0) is 16.2. The summed E-state index contributed by atoms with van der Waals surface area (Å²) in [5, 5.41) is 7.76. The maximum Gasteiger partial charge on any atom is 0.228 e. The Morgan fingerprint density at radius 2 is 1.77 bits per heavy atom. The molecule has 0 aliphatic carbocycles. The summed E-state index contributed by atoms with van der Waals surface area (Å²) in [5.41, 5.74) is 1.97. The topological polar surface area (TPSA) is 89.3 Å². The van der Waals surface area contributed by atoms with Crippen molar-refractivity contribution in [1.29, 1.82) is 0 Å². The van der Waals surface area contributed by atoms with Crippen molar-refractivity contribution in [1.82, 2.24) is 0 Å². The number of amides is 1. The minimum atomic E-state index is -3.59. The molecule has 1 amide bonds. The Hall–Kier alpha value is -1.70. The van der Waals surface area contributed by atoms with E-state index in [1.165, 1.54) is 0 Å².